The molecule has 5 heteroatoms. The summed E-state index contributed by atoms with van der Waals surface area (Å²) in [6, 6.07) is 6.95. The molecule has 0 saturated carbocycles. The van der Waals surface area contributed by atoms with E-state index in [2.05, 4.69) is 5.32 Å². The van der Waals surface area contributed by atoms with Crippen LogP contribution in [0.1, 0.15) is 0 Å². The van der Waals surface area contributed by atoms with Crippen LogP contribution in [-0.4, -0.2) is 26.1 Å². The molecular formula is C10H12ClF2NO. The largest absolute Gasteiger partial charge is 0.492 e. The molecule has 0 atom stereocenters. The van der Waals surface area contributed by atoms with Crippen molar-refractivity contribution in [1.29, 1.82) is 0 Å². The first-order valence-electron chi connectivity index (χ1n) is 4.55. The highest BCUT2D eigenvalue weighted by Crippen LogP contribution is 2.16. The Morgan fingerprint density at radius 2 is 2.20 bits per heavy atom. The minimum absolute atomic E-state index is 0.307. The smallest absolute Gasteiger partial charge is 0.250 e. The lowest BCUT2D eigenvalue weighted by atomic mass is 10.3. The molecule has 0 aromatic heterocycles. The van der Waals surface area contributed by atoms with E-state index in [-0.39, 0.29) is 6.54 Å². The Hall–Kier alpha value is -0.870. The van der Waals surface area contributed by atoms with Crippen LogP contribution in [0.3, 0.4) is 0 Å². The van der Waals surface area contributed by atoms with Gasteiger partial charge in [0, 0.05) is 11.6 Å². The predicted octanol–water partition coefficient (Wildman–Crippen LogP) is 2.57. The van der Waals surface area contributed by atoms with E-state index in [0.29, 0.717) is 23.9 Å². The number of nitrogens with one attached hydrogen (secondary N) is 1. The molecule has 1 aromatic rings. The first-order valence-corrected chi connectivity index (χ1v) is 4.93. The van der Waals surface area contributed by atoms with Gasteiger partial charge in [-0.15, -0.1) is 0 Å². The number of rotatable bonds is 6. The second kappa shape index (κ2) is 6.58. The molecule has 0 saturated heterocycles. The van der Waals surface area contributed by atoms with E-state index in [0.717, 1.165) is 0 Å². The molecular weight excluding hydrogens is 224 g/mol. The first kappa shape index (κ1) is 12.2. The zero-order valence-corrected chi connectivity index (χ0v) is 8.81. The maximum atomic E-state index is 11.7. The van der Waals surface area contributed by atoms with Crippen molar-refractivity contribution in [2.45, 2.75) is 6.43 Å². The molecule has 1 rings (SSSR count). The lowest BCUT2D eigenvalue weighted by molar-refractivity contribution is 0.144. The molecule has 0 radical (unpaired) electrons. The maximum absolute atomic E-state index is 11.7. The summed E-state index contributed by atoms with van der Waals surface area (Å²) in [5, 5.41) is 3.15. The van der Waals surface area contributed by atoms with Crippen molar-refractivity contribution in [3.8, 4) is 5.75 Å². The van der Waals surface area contributed by atoms with Crippen molar-refractivity contribution in [2.24, 2.45) is 0 Å². The van der Waals surface area contributed by atoms with E-state index < -0.39 is 6.43 Å². The molecule has 0 aliphatic carbocycles. The van der Waals surface area contributed by atoms with Gasteiger partial charge in [0.2, 0.25) is 0 Å². The van der Waals surface area contributed by atoms with E-state index in [1.165, 1.54) is 0 Å². The molecule has 15 heavy (non-hydrogen) atoms. The van der Waals surface area contributed by atoms with E-state index in [9.17, 15) is 8.78 Å². The van der Waals surface area contributed by atoms with Crippen LogP contribution in [0.5, 0.6) is 5.75 Å². The average molecular weight is 236 g/mol. The maximum Gasteiger partial charge on any atom is 0.250 e. The SMILES string of the molecule is FC(F)CNCCOc1cccc(Cl)c1. The van der Waals surface area contributed by atoms with Crippen LogP contribution in [0.4, 0.5) is 8.78 Å². The van der Waals surface area contributed by atoms with E-state index in [4.69, 9.17) is 16.3 Å². The van der Waals surface area contributed by atoms with Gasteiger partial charge in [-0.2, -0.15) is 0 Å². The minimum Gasteiger partial charge on any atom is -0.492 e. The molecule has 1 aromatic carbocycles. The zero-order valence-electron chi connectivity index (χ0n) is 8.05. The Bertz CT molecular complexity index is 297. The Kier molecular flexibility index (Phi) is 5.36. The van der Waals surface area contributed by atoms with Crippen LogP contribution in [-0.2, 0) is 0 Å². The Morgan fingerprint density at radius 1 is 1.40 bits per heavy atom. The van der Waals surface area contributed by atoms with Crippen LogP contribution in [0.25, 0.3) is 0 Å². The van der Waals surface area contributed by atoms with Gasteiger partial charge in [-0.05, 0) is 18.2 Å². The van der Waals surface area contributed by atoms with E-state index in [1.54, 1.807) is 24.3 Å². The van der Waals surface area contributed by atoms with Gasteiger partial charge in [0.05, 0.1) is 6.54 Å². The number of hydrogen-bond acceptors (Lipinski definition) is 2. The Balaban J connectivity index is 2.15. The zero-order chi connectivity index (χ0) is 11.1. The van der Waals surface area contributed by atoms with Gasteiger partial charge in [0.1, 0.15) is 12.4 Å². The quantitative estimate of drug-likeness (QED) is 0.766. The van der Waals surface area contributed by atoms with Gasteiger partial charge in [-0.3, -0.25) is 0 Å². The van der Waals surface area contributed by atoms with Crippen molar-refractivity contribution in [2.75, 3.05) is 19.7 Å². The van der Waals surface area contributed by atoms with Gasteiger partial charge >= 0.3 is 0 Å². The van der Waals surface area contributed by atoms with Gasteiger partial charge in [-0.25, -0.2) is 8.78 Å². The standard InChI is InChI=1S/C10H12ClF2NO/c11-8-2-1-3-9(6-8)15-5-4-14-7-10(12)13/h1-3,6,10,14H,4-5,7H2. The molecule has 0 amide bonds. The fourth-order valence-corrected chi connectivity index (χ4v) is 1.19. The molecule has 0 unspecified atom stereocenters. The fourth-order valence-electron chi connectivity index (χ4n) is 1.01. The third kappa shape index (κ3) is 5.54. The van der Waals surface area contributed by atoms with Gasteiger partial charge in [0.15, 0.2) is 0 Å². The Morgan fingerprint density at radius 3 is 2.87 bits per heavy atom. The second-order valence-electron chi connectivity index (χ2n) is 2.90. The molecule has 84 valence electrons. The van der Waals surface area contributed by atoms with Crippen molar-refractivity contribution in [3.05, 3.63) is 29.3 Å². The van der Waals surface area contributed by atoms with Gasteiger partial charge in [-0.1, -0.05) is 17.7 Å². The summed E-state index contributed by atoms with van der Waals surface area (Å²) < 4.78 is 28.7. The molecule has 1 N–H and O–H groups in total. The normalized spacial score (nSPS) is 10.7. The summed E-state index contributed by atoms with van der Waals surface area (Å²) in [6.07, 6.45) is -2.32. The third-order valence-electron chi connectivity index (χ3n) is 1.64. The predicted molar refractivity (Wildman–Crippen MR) is 55.8 cm³/mol. The first-order chi connectivity index (χ1) is 7.18. The van der Waals surface area contributed by atoms with Crippen LogP contribution >= 0.6 is 11.6 Å². The summed E-state index contributed by atoms with van der Waals surface area (Å²) in [5.74, 6) is 0.640. The third-order valence-corrected chi connectivity index (χ3v) is 1.88. The minimum atomic E-state index is -2.32. The summed E-state index contributed by atoms with van der Waals surface area (Å²) >= 11 is 5.73. The summed E-state index contributed by atoms with van der Waals surface area (Å²) in [4.78, 5) is 0. The number of halogens is 3. The summed E-state index contributed by atoms with van der Waals surface area (Å²) in [6.45, 7) is 0.419. The molecule has 2 nitrogen and oxygen atoms in total. The van der Waals surface area contributed by atoms with Crippen LogP contribution in [0, 0.1) is 0 Å². The van der Waals surface area contributed by atoms with Crippen LogP contribution in [0.15, 0.2) is 24.3 Å². The summed E-state index contributed by atoms with van der Waals surface area (Å²) in [7, 11) is 0. The van der Waals surface area contributed by atoms with Crippen molar-refractivity contribution in [3.63, 3.8) is 0 Å². The number of benzene rings is 1. The second-order valence-corrected chi connectivity index (χ2v) is 3.34. The van der Waals surface area contributed by atoms with Crippen molar-refractivity contribution < 1.29 is 13.5 Å². The van der Waals surface area contributed by atoms with Crippen molar-refractivity contribution >= 4 is 11.6 Å². The number of alkyl halides is 2. The fraction of sp³-hybridized carbons (Fsp3) is 0.400. The lowest BCUT2D eigenvalue weighted by Gasteiger charge is -2.07. The average Bonchev–Trinajstić information content (AvgIpc) is 2.17. The van der Waals surface area contributed by atoms with E-state index >= 15 is 0 Å². The van der Waals surface area contributed by atoms with Gasteiger partial charge in [0.25, 0.3) is 6.43 Å². The molecule has 0 aliphatic heterocycles. The lowest BCUT2D eigenvalue weighted by Crippen LogP contribution is -2.26. The van der Waals surface area contributed by atoms with E-state index in [1.807, 2.05) is 0 Å². The summed E-state index contributed by atoms with van der Waals surface area (Å²) in [5.41, 5.74) is 0. The molecule has 0 aliphatic rings. The number of ether oxygens (including phenoxy) is 1. The molecule has 0 bridgehead atoms. The van der Waals surface area contributed by atoms with Crippen LogP contribution < -0.4 is 10.1 Å². The monoisotopic (exact) mass is 235 g/mol. The topological polar surface area (TPSA) is 21.3 Å². The Labute approximate surface area is 92.2 Å². The molecule has 0 spiro atoms. The highest BCUT2D eigenvalue weighted by molar-refractivity contribution is 6.30. The highest BCUT2D eigenvalue weighted by Gasteiger charge is 2.00. The highest BCUT2D eigenvalue weighted by atomic mass is 35.5. The molecule has 0 fully saturated rings. The van der Waals surface area contributed by atoms with Crippen molar-refractivity contribution in [1.82, 2.24) is 5.32 Å². The van der Waals surface area contributed by atoms with Crippen LogP contribution in [0.2, 0.25) is 5.02 Å². The number of hydrogen-bond donors (Lipinski definition) is 1. The molecule has 0 heterocycles. The van der Waals surface area contributed by atoms with Gasteiger partial charge < -0.3 is 10.1 Å².